The summed E-state index contributed by atoms with van der Waals surface area (Å²) in [5.74, 6) is 0.938. The highest BCUT2D eigenvalue weighted by atomic mass is 35.5. The van der Waals surface area contributed by atoms with Crippen LogP contribution in [-0.2, 0) is 0 Å². The molecule has 0 saturated carbocycles. The summed E-state index contributed by atoms with van der Waals surface area (Å²) in [6.07, 6.45) is 3.80. The summed E-state index contributed by atoms with van der Waals surface area (Å²) in [5.41, 5.74) is 2.94. The van der Waals surface area contributed by atoms with Crippen LogP contribution < -0.4 is 4.90 Å². The first kappa shape index (κ1) is 11.5. The molecule has 1 aliphatic rings. The van der Waals surface area contributed by atoms with Gasteiger partial charge in [-0.1, -0.05) is 23.8 Å². The summed E-state index contributed by atoms with van der Waals surface area (Å²) in [4.78, 5) is 11.1. The summed E-state index contributed by atoms with van der Waals surface area (Å²) in [6, 6.07) is 5.74. The summed E-state index contributed by atoms with van der Waals surface area (Å²) >= 11 is 6.26. The molecule has 92 valence electrons. The van der Waals surface area contributed by atoms with E-state index in [1.54, 1.807) is 6.20 Å². The van der Waals surface area contributed by atoms with Crippen molar-refractivity contribution < 1.29 is 0 Å². The molecule has 1 saturated heterocycles. The molecule has 0 bridgehead atoms. The van der Waals surface area contributed by atoms with Crippen molar-refractivity contribution in [2.24, 2.45) is 0 Å². The predicted octanol–water partition coefficient (Wildman–Crippen LogP) is 3.44. The Labute approximate surface area is 111 Å². The van der Waals surface area contributed by atoms with Gasteiger partial charge in [-0.2, -0.15) is 0 Å². The number of pyridine rings is 2. The molecule has 0 unspecified atom stereocenters. The average molecular weight is 260 g/mol. The summed E-state index contributed by atoms with van der Waals surface area (Å²) < 4.78 is 0. The minimum Gasteiger partial charge on any atom is -0.356 e. The molecule has 3 nitrogen and oxygen atoms in total. The van der Waals surface area contributed by atoms with E-state index in [-0.39, 0.29) is 0 Å². The van der Waals surface area contributed by atoms with E-state index in [2.05, 4.69) is 21.4 Å². The molecule has 3 heterocycles. The lowest BCUT2D eigenvalue weighted by Gasteiger charge is -2.29. The zero-order valence-electron chi connectivity index (χ0n) is 10.1. The maximum atomic E-state index is 6.26. The molecular weight excluding hydrogens is 246 g/mol. The molecule has 0 radical (unpaired) electrons. The SMILES string of the molecule is C=C1CCN(c2cc(Cl)c3ncccc3n2)CC1. The third-order valence-corrected chi connectivity index (χ3v) is 3.59. The molecule has 0 aliphatic carbocycles. The number of piperidine rings is 1. The highest BCUT2D eigenvalue weighted by Gasteiger charge is 2.15. The van der Waals surface area contributed by atoms with Gasteiger partial charge in [0, 0.05) is 25.4 Å². The molecule has 3 rings (SSSR count). The molecule has 1 fully saturated rings. The Bertz CT molecular complexity index is 599. The quantitative estimate of drug-likeness (QED) is 0.735. The molecule has 0 aromatic carbocycles. The first-order valence-electron chi connectivity index (χ1n) is 6.07. The van der Waals surface area contributed by atoms with E-state index >= 15 is 0 Å². The Hall–Kier alpha value is -1.61. The van der Waals surface area contributed by atoms with E-state index in [1.165, 1.54) is 5.57 Å². The number of hydrogen-bond acceptors (Lipinski definition) is 3. The number of aromatic nitrogens is 2. The van der Waals surface area contributed by atoms with Gasteiger partial charge in [0.2, 0.25) is 0 Å². The highest BCUT2D eigenvalue weighted by Crippen LogP contribution is 2.27. The van der Waals surface area contributed by atoms with Gasteiger partial charge in [-0.3, -0.25) is 4.98 Å². The van der Waals surface area contributed by atoms with Crippen LogP contribution in [0.1, 0.15) is 12.8 Å². The lowest BCUT2D eigenvalue weighted by atomic mass is 10.1. The first-order valence-corrected chi connectivity index (χ1v) is 6.45. The van der Waals surface area contributed by atoms with Crippen LogP contribution in [0.25, 0.3) is 11.0 Å². The molecule has 1 aliphatic heterocycles. The Morgan fingerprint density at radius 2 is 2.06 bits per heavy atom. The molecule has 0 N–H and O–H groups in total. The van der Waals surface area contributed by atoms with E-state index in [0.29, 0.717) is 5.02 Å². The van der Waals surface area contributed by atoms with Crippen molar-refractivity contribution in [3.63, 3.8) is 0 Å². The van der Waals surface area contributed by atoms with Gasteiger partial charge in [0.15, 0.2) is 0 Å². The fraction of sp³-hybridized carbons (Fsp3) is 0.286. The Morgan fingerprint density at radius 1 is 1.28 bits per heavy atom. The number of hydrogen-bond donors (Lipinski definition) is 0. The van der Waals surface area contributed by atoms with Crippen LogP contribution in [0.3, 0.4) is 0 Å². The molecule has 0 spiro atoms. The highest BCUT2D eigenvalue weighted by molar-refractivity contribution is 6.35. The zero-order valence-corrected chi connectivity index (χ0v) is 10.8. The summed E-state index contributed by atoms with van der Waals surface area (Å²) in [5, 5.41) is 0.667. The van der Waals surface area contributed by atoms with Gasteiger partial charge in [0.25, 0.3) is 0 Å². The van der Waals surface area contributed by atoms with E-state index in [1.807, 2.05) is 18.2 Å². The molecule has 18 heavy (non-hydrogen) atoms. The van der Waals surface area contributed by atoms with Gasteiger partial charge in [0.05, 0.1) is 10.5 Å². The Morgan fingerprint density at radius 3 is 2.83 bits per heavy atom. The molecule has 4 heteroatoms. The van der Waals surface area contributed by atoms with Crippen LogP contribution in [0.2, 0.25) is 5.02 Å². The van der Waals surface area contributed by atoms with Crippen LogP contribution in [0.4, 0.5) is 5.82 Å². The maximum absolute atomic E-state index is 6.26. The number of halogens is 1. The first-order chi connectivity index (χ1) is 8.74. The fourth-order valence-corrected chi connectivity index (χ4v) is 2.47. The van der Waals surface area contributed by atoms with Crippen molar-refractivity contribution in [2.45, 2.75) is 12.8 Å². The predicted molar refractivity (Wildman–Crippen MR) is 75.1 cm³/mol. The third kappa shape index (κ3) is 2.06. The molecule has 0 atom stereocenters. The Balaban J connectivity index is 2.00. The van der Waals surface area contributed by atoms with Crippen LogP contribution >= 0.6 is 11.6 Å². The van der Waals surface area contributed by atoms with Crippen LogP contribution in [0, 0.1) is 0 Å². The van der Waals surface area contributed by atoms with E-state index in [9.17, 15) is 0 Å². The monoisotopic (exact) mass is 259 g/mol. The van der Waals surface area contributed by atoms with Gasteiger partial charge in [-0.05, 0) is 25.0 Å². The number of rotatable bonds is 1. The zero-order chi connectivity index (χ0) is 12.5. The molecule has 2 aromatic heterocycles. The van der Waals surface area contributed by atoms with E-state index in [4.69, 9.17) is 11.6 Å². The number of fused-ring (bicyclic) bond motifs is 1. The lowest BCUT2D eigenvalue weighted by Crippen LogP contribution is -2.31. The third-order valence-electron chi connectivity index (χ3n) is 3.30. The Kier molecular flexibility index (Phi) is 2.92. The van der Waals surface area contributed by atoms with Crippen molar-refractivity contribution >= 4 is 28.5 Å². The maximum Gasteiger partial charge on any atom is 0.130 e. The van der Waals surface area contributed by atoms with Crippen molar-refractivity contribution in [1.29, 1.82) is 0 Å². The van der Waals surface area contributed by atoms with Crippen LogP contribution in [0.15, 0.2) is 36.5 Å². The smallest absolute Gasteiger partial charge is 0.130 e. The molecular formula is C14H14ClN3. The second-order valence-electron chi connectivity index (χ2n) is 4.57. The van der Waals surface area contributed by atoms with Crippen molar-refractivity contribution in [3.05, 3.63) is 41.6 Å². The van der Waals surface area contributed by atoms with Crippen molar-refractivity contribution in [3.8, 4) is 0 Å². The number of nitrogens with zero attached hydrogens (tertiary/aromatic N) is 3. The second-order valence-corrected chi connectivity index (χ2v) is 4.98. The fourth-order valence-electron chi connectivity index (χ4n) is 2.22. The number of anilines is 1. The van der Waals surface area contributed by atoms with E-state index in [0.717, 1.165) is 42.8 Å². The minimum atomic E-state index is 0.667. The normalized spacial score (nSPS) is 16.3. The van der Waals surface area contributed by atoms with Gasteiger partial charge in [-0.25, -0.2) is 4.98 Å². The molecule has 0 amide bonds. The lowest BCUT2D eigenvalue weighted by molar-refractivity contribution is 0.680. The van der Waals surface area contributed by atoms with E-state index < -0.39 is 0 Å². The van der Waals surface area contributed by atoms with Gasteiger partial charge >= 0.3 is 0 Å². The van der Waals surface area contributed by atoms with Gasteiger partial charge in [-0.15, -0.1) is 0 Å². The van der Waals surface area contributed by atoms with Gasteiger partial charge < -0.3 is 4.90 Å². The standard InChI is InChI=1S/C14H14ClN3/c1-10-4-7-18(8-5-10)13-9-11(15)14-12(17-13)3-2-6-16-14/h2-3,6,9H,1,4-5,7-8H2. The van der Waals surface area contributed by atoms with Crippen molar-refractivity contribution in [1.82, 2.24) is 9.97 Å². The largest absolute Gasteiger partial charge is 0.356 e. The van der Waals surface area contributed by atoms with Crippen LogP contribution in [0.5, 0.6) is 0 Å². The van der Waals surface area contributed by atoms with Gasteiger partial charge in [0.1, 0.15) is 11.3 Å². The molecule has 2 aromatic rings. The summed E-state index contributed by atoms with van der Waals surface area (Å²) in [7, 11) is 0. The minimum absolute atomic E-state index is 0.667. The average Bonchev–Trinajstić information content (AvgIpc) is 2.39. The summed E-state index contributed by atoms with van der Waals surface area (Å²) in [6.45, 7) is 5.96. The van der Waals surface area contributed by atoms with Crippen LogP contribution in [-0.4, -0.2) is 23.1 Å². The second kappa shape index (κ2) is 4.58. The van der Waals surface area contributed by atoms with Crippen molar-refractivity contribution in [2.75, 3.05) is 18.0 Å². The topological polar surface area (TPSA) is 29.0 Å².